The van der Waals surface area contributed by atoms with Crippen molar-refractivity contribution in [2.75, 3.05) is 14.2 Å². The molecular weight excluding hydrogens is 1510 g/mol. The van der Waals surface area contributed by atoms with E-state index < -0.39 is 23.5 Å². The number of aryl methyl sites for hydroxylation is 4. The van der Waals surface area contributed by atoms with Gasteiger partial charge >= 0.3 is 12.4 Å². The van der Waals surface area contributed by atoms with Crippen molar-refractivity contribution < 1.29 is 35.8 Å². The van der Waals surface area contributed by atoms with Gasteiger partial charge in [0.15, 0.2) is 0 Å². The van der Waals surface area contributed by atoms with Crippen LogP contribution in [0.15, 0.2) is 317 Å². The van der Waals surface area contributed by atoms with Crippen molar-refractivity contribution in [1.82, 2.24) is 0 Å². The van der Waals surface area contributed by atoms with Gasteiger partial charge in [-0.25, -0.2) is 9.98 Å². The summed E-state index contributed by atoms with van der Waals surface area (Å²) in [5.41, 5.74) is 23.9. The second-order valence-electron chi connectivity index (χ2n) is 30.0. The molecule has 12 aromatic carbocycles. The quantitative estimate of drug-likeness (QED) is 0.0701. The van der Waals surface area contributed by atoms with E-state index in [4.69, 9.17) is 19.5 Å². The topological polar surface area (TPSA) is 142 Å². The molecule has 15 rings (SSSR count). The Bertz CT molecular complexity index is 5530. The summed E-state index contributed by atoms with van der Waals surface area (Å²) >= 11 is 0. The van der Waals surface area contributed by atoms with Crippen molar-refractivity contribution in [2.45, 2.75) is 132 Å². The summed E-state index contributed by atoms with van der Waals surface area (Å²) in [6.45, 7) is 25.9. The van der Waals surface area contributed by atoms with Gasteiger partial charge in [0.25, 0.3) is 0 Å². The molecule has 0 spiro atoms. The first-order chi connectivity index (χ1) is 57.6. The lowest BCUT2D eigenvalue weighted by atomic mass is 9.82. The minimum absolute atomic E-state index is 0.299. The van der Waals surface area contributed by atoms with Crippen LogP contribution in [0, 0.1) is 27.7 Å². The molecule has 0 bridgehead atoms. The van der Waals surface area contributed by atoms with Gasteiger partial charge in [0.1, 0.15) is 11.5 Å². The van der Waals surface area contributed by atoms with Crippen LogP contribution in [0.4, 0.5) is 83.2 Å². The van der Waals surface area contributed by atoms with E-state index in [1.165, 1.54) is 80.4 Å². The van der Waals surface area contributed by atoms with Crippen LogP contribution >= 0.6 is 0 Å². The molecule has 0 saturated heterocycles. The lowest BCUT2D eigenvalue weighted by Crippen LogP contribution is -2.24. The Morgan fingerprint density at radius 3 is 1.02 bits per heavy atom. The van der Waals surface area contributed by atoms with Gasteiger partial charge in [-0.2, -0.15) is 26.3 Å². The van der Waals surface area contributed by atoms with Crippen LogP contribution in [0.5, 0.6) is 11.5 Å². The van der Waals surface area contributed by atoms with Gasteiger partial charge < -0.3 is 9.47 Å². The van der Waals surface area contributed by atoms with Gasteiger partial charge in [-0.1, -0.05) is 187 Å². The molecule has 0 saturated carbocycles. The van der Waals surface area contributed by atoms with Crippen LogP contribution in [-0.4, -0.2) is 73.3 Å². The van der Waals surface area contributed by atoms with Gasteiger partial charge in [0.05, 0.1) is 116 Å². The number of rotatable bonds is 16. The number of ether oxygens (including phenoxy) is 2. The predicted molar refractivity (Wildman–Crippen MR) is 489 cm³/mol. The fourth-order valence-electron chi connectivity index (χ4n) is 13.7. The Kier molecular flexibility index (Phi) is 29.8. The Morgan fingerprint density at radius 1 is 0.375 bits per heavy atom. The first-order valence-electron chi connectivity index (χ1n) is 39.8. The summed E-state index contributed by atoms with van der Waals surface area (Å²) in [5.74, 6) is 3.56. The van der Waals surface area contributed by atoms with E-state index in [2.05, 4.69) is 144 Å². The summed E-state index contributed by atoms with van der Waals surface area (Å²) in [7, 11) is 3.28. The molecular formula is C102H98F6N10O2. The van der Waals surface area contributed by atoms with Crippen LogP contribution in [0.3, 0.4) is 0 Å². The summed E-state index contributed by atoms with van der Waals surface area (Å²) in [4.78, 5) is 46.2. The molecule has 18 heteroatoms. The summed E-state index contributed by atoms with van der Waals surface area (Å²) in [6, 6.07) is 80.8. The minimum atomic E-state index is -4.46. The molecule has 0 N–H and O–H groups in total. The van der Waals surface area contributed by atoms with Crippen molar-refractivity contribution in [3.8, 4) is 11.5 Å². The molecule has 2 heterocycles. The second-order valence-corrected chi connectivity index (χ2v) is 30.0. The normalized spacial score (nSPS) is 15.2. The Labute approximate surface area is 700 Å². The molecule has 0 amide bonds. The van der Waals surface area contributed by atoms with Crippen molar-refractivity contribution in [3.05, 3.63) is 334 Å². The zero-order chi connectivity index (χ0) is 85.6. The van der Waals surface area contributed by atoms with E-state index in [1.807, 2.05) is 198 Å². The van der Waals surface area contributed by atoms with Crippen molar-refractivity contribution in [3.63, 3.8) is 0 Å². The number of aliphatic imine (C=N–C) groups is 10. The largest absolute Gasteiger partial charge is 0.497 e. The summed E-state index contributed by atoms with van der Waals surface area (Å²) < 4.78 is 87.8. The van der Waals surface area contributed by atoms with Crippen LogP contribution in [0.2, 0.25) is 0 Å². The Morgan fingerprint density at radius 2 is 0.692 bits per heavy atom. The Hall–Kier alpha value is -13.2. The van der Waals surface area contributed by atoms with Gasteiger partial charge in [-0.3, -0.25) is 39.9 Å². The van der Waals surface area contributed by atoms with Gasteiger partial charge in [0.2, 0.25) is 0 Å². The highest BCUT2D eigenvalue weighted by Gasteiger charge is 2.34. The fraction of sp³-hybridized carbons (Fsp3) is 0.216. The first kappa shape index (κ1) is 87.6. The van der Waals surface area contributed by atoms with Crippen LogP contribution in [0.1, 0.15) is 159 Å². The third kappa shape index (κ3) is 23.2. The highest BCUT2D eigenvalue weighted by Crippen LogP contribution is 2.45. The van der Waals surface area contributed by atoms with Gasteiger partial charge in [-0.05, 0) is 249 Å². The second kappa shape index (κ2) is 40.8. The summed E-state index contributed by atoms with van der Waals surface area (Å²) in [5, 5.41) is 1.80. The smallest absolute Gasteiger partial charge is 0.416 e. The maximum atomic E-state index is 12.9. The van der Waals surface area contributed by atoms with Crippen molar-refractivity contribution in [2.24, 2.45) is 49.9 Å². The number of nitrogens with zero attached hydrogens (tertiary/aromatic N) is 10. The van der Waals surface area contributed by atoms with Crippen molar-refractivity contribution in [1.29, 1.82) is 0 Å². The maximum absolute atomic E-state index is 12.9. The average molecular weight is 1610 g/mol. The zero-order valence-corrected chi connectivity index (χ0v) is 70.0. The number of methoxy groups -OCH3 is 2. The number of benzene rings is 12. The number of halogens is 6. The third-order valence-corrected chi connectivity index (χ3v) is 20.6. The molecule has 12 aromatic rings. The average Bonchev–Trinajstić information content (AvgIpc) is 1.71. The first-order valence-corrected chi connectivity index (χ1v) is 39.8. The lowest BCUT2D eigenvalue weighted by molar-refractivity contribution is -0.138. The zero-order valence-electron chi connectivity index (χ0n) is 70.0. The number of hydrogen-bond donors (Lipinski definition) is 0. The molecule has 0 fully saturated rings. The molecule has 0 aromatic heterocycles. The molecule has 3 aliphatic rings. The third-order valence-electron chi connectivity index (χ3n) is 20.6. The van der Waals surface area contributed by atoms with E-state index in [0.29, 0.717) is 46.5 Å². The number of fused-ring (bicyclic) bond motifs is 2. The molecule has 120 heavy (non-hydrogen) atoms. The predicted octanol–water partition coefficient (Wildman–Crippen LogP) is 29.3. The Balaban J connectivity index is 0.000000150. The molecule has 12 nitrogen and oxygen atoms in total. The van der Waals surface area contributed by atoms with E-state index >= 15 is 0 Å². The lowest BCUT2D eigenvalue weighted by Gasteiger charge is -2.29. The summed E-state index contributed by atoms with van der Waals surface area (Å²) in [6.07, 6.45) is -0.174. The van der Waals surface area contributed by atoms with Gasteiger partial charge in [-0.15, -0.1) is 0 Å². The molecule has 1 aliphatic carbocycles. The maximum Gasteiger partial charge on any atom is 0.416 e. The highest BCUT2D eigenvalue weighted by molar-refractivity contribution is 6.61. The van der Waals surface area contributed by atoms with Crippen LogP contribution in [0.25, 0.3) is 10.8 Å². The van der Waals surface area contributed by atoms with Gasteiger partial charge in [0, 0.05) is 41.4 Å². The highest BCUT2D eigenvalue weighted by atomic mass is 19.4. The number of hydrogen-bond acceptors (Lipinski definition) is 12. The van der Waals surface area contributed by atoms with Crippen LogP contribution in [-0.2, 0) is 12.4 Å². The molecule has 2 unspecified atom stereocenters. The molecule has 2 atom stereocenters. The van der Waals surface area contributed by atoms with Crippen molar-refractivity contribution >= 4 is 127 Å². The SMILES string of the molecule is CC(=Nc1ccccc1C)C(C)=Nc1ccccc1C.CC(C)c1cccc2c1N=C(C1=Nc3c(C(C)C)cccc3C(C)C1)CC2C.COc1ccc(N=CC=Nc2ccc(OC)cc2)cc1.Cc1ccccc1N=CC=Nc1ccccc1C.FC(F)(F)c1ccc(N=C2C(=Nc3ccc(C(F)(F)F)cc3)c3cccc4cccc2c34)cc1. The number of alkyl halides is 6. The monoisotopic (exact) mass is 1610 g/mol. The van der Waals surface area contributed by atoms with E-state index in [0.717, 1.165) is 127 Å². The van der Waals surface area contributed by atoms with Crippen LogP contribution < -0.4 is 9.47 Å². The molecule has 0 radical (unpaired) electrons. The van der Waals surface area contributed by atoms with E-state index in [9.17, 15) is 26.3 Å². The minimum Gasteiger partial charge on any atom is -0.497 e. The van der Waals surface area contributed by atoms with E-state index in [-0.39, 0.29) is 0 Å². The number of para-hydroxylation sites is 6. The fourth-order valence-corrected chi connectivity index (χ4v) is 13.7. The molecule has 610 valence electrons. The molecule has 2 aliphatic heterocycles. The standard InChI is InChI=1S/C26H14F6N2.C26H32N2.C18H20N2.C16H16N2O2.C16H16N2/c27-25(28,29)16-7-11-18(12-8-16)33-23-20-5-1-3-15-4-2-6-21(22(15)20)24(23)34-19-13-9-17(10-14-19)26(30,31)32;1-15(2)19-9-7-11-21-17(5)13-23(27-25(19)21)24-14-18(6)22-12-8-10-20(16(3)4)26(22)28-24;1-13-9-5-7-11-17(13)19-15(3)16(4)20-18-12-8-6-10-14(18)2;1-19-15-7-3-13(4-8-15)17-11-12-18-14-5-9-16(20-2)10-6-14;1-13-7-3-5-9-15(13)17-11-12-18-16-10-6-4-8-14(16)2/h1-14H;7-12,15-18H,13-14H2,1-6H3;5-12H,1-4H3;3-12H,1-2H3;3-12H,1-2H3. The van der Waals surface area contributed by atoms with E-state index in [1.54, 1.807) is 39.1 Å².